The smallest absolute Gasteiger partial charge is 0.323 e. The fraction of sp³-hybridized carbons (Fsp3) is 0.188. The molecular weight excluding hydrogens is 492 g/mol. The summed E-state index contributed by atoms with van der Waals surface area (Å²) in [5.74, 6) is 1.45. The van der Waals surface area contributed by atoms with E-state index in [1.165, 1.54) is 7.11 Å². The first kappa shape index (κ1) is 27.3. The number of carbonyl (C=O) groups is 2. The molecule has 39 heavy (non-hydrogen) atoms. The van der Waals surface area contributed by atoms with Crippen molar-refractivity contribution in [3.8, 4) is 17.2 Å². The predicted octanol–water partition coefficient (Wildman–Crippen LogP) is 7.50. The first-order chi connectivity index (χ1) is 19.0. The van der Waals surface area contributed by atoms with Gasteiger partial charge < -0.3 is 24.8 Å². The van der Waals surface area contributed by atoms with Crippen LogP contribution >= 0.6 is 0 Å². The van der Waals surface area contributed by atoms with E-state index in [2.05, 4.69) is 10.6 Å². The molecule has 200 valence electrons. The van der Waals surface area contributed by atoms with Crippen LogP contribution in [0, 0.1) is 0 Å². The molecule has 0 aliphatic carbocycles. The van der Waals surface area contributed by atoms with E-state index in [1.54, 1.807) is 43.5 Å². The SMILES string of the molecule is CCCC(=O)c1cc(NC(=O)Nc2ccc(OC)c(OC)c2)ccc1OC(c1ccccc1)c1ccccc1. The third kappa shape index (κ3) is 6.96. The Hall–Kier alpha value is -4.78. The van der Waals surface area contributed by atoms with Crippen LogP contribution in [0.1, 0.15) is 47.4 Å². The number of carbonyl (C=O) groups excluding carboxylic acids is 2. The lowest BCUT2D eigenvalue weighted by molar-refractivity contribution is 0.0976. The van der Waals surface area contributed by atoms with Gasteiger partial charge in [-0.1, -0.05) is 67.6 Å². The zero-order chi connectivity index (χ0) is 27.6. The maximum atomic E-state index is 13.1. The molecule has 4 rings (SSSR count). The van der Waals surface area contributed by atoms with Crippen LogP contribution in [-0.2, 0) is 0 Å². The first-order valence-corrected chi connectivity index (χ1v) is 12.8. The molecular formula is C32H32N2O5. The van der Waals surface area contributed by atoms with Gasteiger partial charge in [0, 0.05) is 23.9 Å². The molecule has 0 atom stereocenters. The van der Waals surface area contributed by atoms with Gasteiger partial charge in [-0.25, -0.2) is 4.79 Å². The number of urea groups is 1. The highest BCUT2D eigenvalue weighted by molar-refractivity contribution is 6.03. The fourth-order valence-electron chi connectivity index (χ4n) is 4.21. The van der Waals surface area contributed by atoms with Crippen LogP contribution in [0.3, 0.4) is 0 Å². The van der Waals surface area contributed by atoms with Crippen molar-refractivity contribution in [3.05, 3.63) is 114 Å². The minimum Gasteiger partial charge on any atom is -0.493 e. The molecule has 0 spiro atoms. The molecule has 0 aliphatic rings. The molecule has 0 aromatic heterocycles. The van der Waals surface area contributed by atoms with Gasteiger partial charge in [-0.15, -0.1) is 0 Å². The van der Waals surface area contributed by atoms with Gasteiger partial charge in [0.25, 0.3) is 0 Å². The summed E-state index contributed by atoms with van der Waals surface area (Å²) in [5.41, 5.74) is 3.34. The van der Waals surface area contributed by atoms with Gasteiger partial charge in [0.2, 0.25) is 0 Å². The molecule has 0 heterocycles. The summed E-state index contributed by atoms with van der Waals surface area (Å²) in [6, 6.07) is 29.5. The largest absolute Gasteiger partial charge is 0.493 e. The first-order valence-electron chi connectivity index (χ1n) is 12.8. The average Bonchev–Trinajstić information content (AvgIpc) is 2.97. The molecule has 2 amide bonds. The lowest BCUT2D eigenvalue weighted by Gasteiger charge is -2.22. The monoisotopic (exact) mass is 524 g/mol. The van der Waals surface area contributed by atoms with E-state index in [0.29, 0.717) is 47.0 Å². The minimum absolute atomic E-state index is 0.0590. The van der Waals surface area contributed by atoms with Crippen molar-refractivity contribution in [2.24, 2.45) is 0 Å². The van der Waals surface area contributed by atoms with Crippen LogP contribution in [0.5, 0.6) is 17.2 Å². The van der Waals surface area contributed by atoms with E-state index < -0.39 is 12.1 Å². The second-order valence-corrected chi connectivity index (χ2v) is 8.85. The van der Waals surface area contributed by atoms with Crippen LogP contribution in [0.25, 0.3) is 0 Å². The van der Waals surface area contributed by atoms with Gasteiger partial charge in [0.1, 0.15) is 11.9 Å². The Labute approximate surface area is 228 Å². The van der Waals surface area contributed by atoms with Crippen molar-refractivity contribution in [2.75, 3.05) is 24.9 Å². The van der Waals surface area contributed by atoms with Crippen molar-refractivity contribution >= 4 is 23.2 Å². The molecule has 0 saturated carbocycles. The highest BCUT2D eigenvalue weighted by Crippen LogP contribution is 2.33. The lowest BCUT2D eigenvalue weighted by Crippen LogP contribution is -2.20. The summed E-state index contributed by atoms with van der Waals surface area (Å²) in [7, 11) is 3.07. The quantitative estimate of drug-likeness (QED) is 0.198. The zero-order valence-electron chi connectivity index (χ0n) is 22.3. The van der Waals surface area contributed by atoms with Crippen LogP contribution < -0.4 is 24.8 Å². The maximum absolute atomic E-state index is 13.1. The predicted molar refractivity (Wildman–Crippen MR) is 153 cm³/mol. The van der Waals surface area contributed by atoms with E-state index in [-0.39, 0.29) is 5.78 Å². The number of anilines is 2. The van der Waals surface area contributed by atoms with Crippen LogP contribution in [-0.4, -0.2) is 26.0 Å². The topological polar surface area (TPSA) is 85.9 Å². The van der Waals surface area contributed by atoms with Gasteiger partial charge in [0.05, 0.1) is 19.8 Å². The van der Waals surface area contributed by atoms with Crippen LogP contribution in [0.4, 0.5) is 16.2 Å². The lowest BCUT2D eigenvalue weighted by atomic mass is 10.0. The molecule has 7 heteroatoms. The number of ketones is 1. The standard InChI is InChI=1S/C32H32N2O5/c1-4-11-27(35)26-20-24(33-32(36)34-25-17-19-29(37-2)30(21-25)38-3)16-18-28(26)39-31(22-12-7-5-8-13-22)23-14-9-6-10-15-23/h5-10,12-21,31H,4,11H2,1-3H3,(H2,33,34,36). The third-order valence-electron chi connectivity index (χ3n) is 6.11. The number of amides is 2. The number of benzene rings is 4. The Morgan fingerprint density at radius 3 is 1.77 bits per heavy atom. The summed E-state index contributed by atoms with van der Waals surface area (Å²) in [6.07, 6.45) is 0.642. The molecule has 0 bridgehead atoms. The van der Waals surface area contributed by atoms with Gasteiger partial charge >= 0.3 is 6.03 Å². The molecule has 2 N–H and O–H groups in total. The molecule has 0 aliphatic heterocycles. The van der Waals surface area contributed by atoms with Gasteiger partial charge in [-0.05, 0) is 47.9 Å². The fourth-order valence-corrected chi connectivity index (χ4v) is 4.21. The number of Topliss-reactive ketones (excluding diaryl/α,β-unsaturated/α-hetero) is 1. The Balaban J connectivity index is 1.59. The molecule has 4 aromatic rings. The van der Waals surface area contributed by atoms with E-state index >= 15 is 0 Å². The number of ether oxygens (including phenoxy) is 3. The second kappa shape index (κ2) is 13.1. The highest BCUT2D eigenvalue weighted by Gasteiger charge is 2.21. The molecule has 4 aromatic carbocycles. The summed E-state index contributed by atoms with van der Waals surface area (Å²) >= 11 is 0. The van der Waals surface area contributed by atoms with Gasteiger partial charge in [0.15, 0.2) is 17.3 Å². The Kier molecular flexibility index (Phi) is 9.19. The minimum atomic E-state index is -0.462. The van der Waals surface area contributed by atoms with Crippen molar-refractivity contribution in [2.45, 2.75) is 25.9 Å². The van der Waals surface area contributed by atoms with Crippen molar-refractivity contribution in [1.29, 1.82) is 0 Å². The van der Waals surface area contributed by atoms with E-state index in [0.717, 1.165) is 11.1 Å². The normalized spacial score (nSPS) is 10.6. The number of methoxy groups -OCH3 is 2. The third-order valence-corrected chi connectivity index (χ3v) is 6.11. The molecule has 0 fully saturated rings. The van der Waals surface area contributed by atoms with Crippen molar-refractivity contribution in [3.63, 3.8) is 0 Å². The van der Waals surface area contributed by atoms with Gasteiger partial charge in [-0.2, -0.15) is 0 Å². The van der Waals surface area contributed by atoms with Gasteiger partial charge in [-0.3, -0.25) is 4.79 Å². The zero-order valence-corrected chi connectivity index (χ0v) is 22.3. The van der Waals surface area contributed by atoms with Crippen LogP contribution in [0.15, 0.2) is 97.1 Å². The number of rotatable bonds is 11. The second-order valence-electron chi connectivity index (χ2n) is 8.85. The summed E-state index contributed by atoms with van der Waals surface area (Å²) in [4.78, 5) is 25.9. The molecule has 7 nitrogen and oxygen atoms in total. The number of hydrogen-bond acceptors (Lipinski definition) is 5. The number of hydrogen-bond donors (Lipinski definition) is 2. The Bertz CT molecular complexity index is 1370. The molecule has 0 radical (unpaired) electrons. The summed E-state index contributed by atoms with van der Waals surface area (Å²) in [6.45, 7) is 1.95. The Morgan fingerprint density at radius 2 is 1.23 bits per heavy atom. The van der Waals surface area contributed by atoms with Crippen LogP contribution in [0.2, 0.25) is 0 Å². The van der Waals surface area contributed by atoms with Crippen molar-refractivity contribution in [1.82, 2.24) is 0 Å². The maximum Gasteiger partial charge on any atom is 0.323 e. The summed E-state index contributed by atoms with van der Waals surface area (Å²) < 4.78 is 17.1. The average molecular weight is 525 g/mol. The summed E-state index contributed by atoms with van der Waals surface area (Å²) in [5, 5.41) is 5.59. The van der Waals surface area contributed by atoms with Crippen molar-refractivity contribution < 1.29 is 23.8 Å². The highest BCUT2D eigenvalue weighted by atomic mass is 16.5. The van der Waals surface area contributed by atoms with E-state index in [9.17, 15) is 9.59 Å². The molecule has 0 unspecified atom stereocenters. The Morgan fingerprint density at radius 1 is 0.692 bits per heavy atom. The van der Waals surface area contributed by atoms with E-state index in [1.807, 2.05) is 67.6 Å². The van der Waals surface area contributed by atoms with E-state index in [4.69, 9.17) is 14.2 Å². The molecule has 0 saturated heterocycles. The number of nitrogens with one attached hydrogen (secondary N) is 2.